The fraction of sp³-hybridized carbons (Fsp3) is 0.316. The third-order valence-electron chi connectivity index (χ3n) is 3.75. The van der Waals surface area contributed by atoms with E-state index in [1.807, 2.05) is 6.92 Å². The first-order valence-corrected chi connectivity index (χ1v) is 9.52. The highest BCUT2D eigenvalue weighted by Crippen LogP contribution is 2.38. The molecule has 0 aliphatic carbocycles. The number of ether oxygens (including phenoxy) is 2. The average molecular weight is 482 g/mol. The number of carbonyl (C=O) groups is 1. The van der Waals surface area contributed by atoms with Crippen LogP contribution in [0.25, 0.3) is 0 Å². The fourth-order valence-corrected chi connectivity index (χ4v) is 2.86. The summed E-state index contributed by atoms with van der Waals surface area (Å²) in [5.74, 6) is -0.579. The number of carboxylic acid groups (broad SMARTS) is 1. The van der Waals surface area contributed by atoms with Gasteiger partial charge in [0.25, 0.3) is 0 Å². The monoisotopic (exact) mass is 480 g/mol. The van der Waals surface area contributed by atoms with Crippen molar-refractivity contribution in [3.63, 3.8) is 0 Å². The predicted octanol–water partition coefficient (Wildman–Crippen LogP) is 6.94. The zero-order chi connectivity index (χ0) is 20.9. The minimum atomic E-state index is -4.51. The van der Waals surface area contributed by atoms with Crippen molar-refractivity contribution >= 4 is 33.5 Å². The van der Waals surface area contributed by atoms with Gasteiger partial charge in [0.1, 0.15) is 17.2 Å². The van der Waals surface area contributed by atoms with Crippen LogP contribution < -0.4 is 9.47 Å². The molecule has 28 heavy (non-hydrogen) atoms. The maximum Gasteiger partial charge on any atom is 0.416 e. The molecule has 2 rings (SSSR count). The van der Waals surface area contributed by atoms with E-state index in [4.69, 9.17) is 21.1 Å². The van der Waals surface area contributed by atoms with Crippen LogP contribution in [0.5, 0.6) is 17.2 Å². The Balaban J connectivity index is 2.22. The van der Waals surface area contributed by atoms with Crippen molar-refractivity contribution in [2.24, 2.45) is 0 Å². The molecule has 0 saturated heterocycles. The molecule has 2 aromatic carbocycles. The van der Waals surface area contributed by atoms with Crippen molar-refractivity contribution in [2.75, 3.05) is 0 Å². The smallest absolute Gasteiger partial charge is 0.416 e. The highest BCUT2D eigenvalue weighted by Gasteiger charge is 2.31. The third kappa shape index (κ3) is 6.04. The van der Waals surface area contributed by atoms with Crippen molar-refractivity contribution in [3.8, 4) is 17.2 Å². The molecule has 0 amide bonds. The van der Waals surface area contributed by atoms with E-state index >= 15 is 0 Å². The Morgan fingerprint density at radius 2 is 1.93 bits per heavy atom. The van der Waals surface area contributed by atoms with Gasteiger partial charge < -0.3 is 14.6 Å². The number of unbranched alkanes of at least 4 members (excludes halogenated alkanes) is 1. The van der Waals surface area contributed by atoms with E-state index in [1.165, 1.54) is 6.07 Å². The standard InChI is InChI=1S/C19H17BrClF3O4/c1-2-3-4-16(18(25)26)28-17-10-12(6-7-13(17)20)27-15-8-5-11(9-14(15)21)19(22,23)24/h5-10,16H,2-4H2,1H3,(H,25,26). The summed E-state index contributed by atoms with van der Waals surface area (Å²) in [6, 6.07) is 7.34. The summed E-state index contributed by atoms with van der Waals surface area (Å²) in [7, 11) is 0. The Morgan fingerprint density at radius 3 is 2.50 bits per heavy atom. The SMILES string of the molecule is CCCCC(Oc1cc(Oc2ccc(C(F)(F)F)cc2Cl)ccc1Br)C(=O)O. The number of halogens is 5. The van der Waals surface area contributed by atoms with E-state index in [2.05, 4.69) is 15.9 Å². The van der Waals surface area contributed by atoms with Crippen LogP contribution in [0.3, 0.4) is 0 Å². The molecule has 9 heteroatoms. The van der Waals surface area contributed by atoms with E-state index in [9.17, 15) is 23.1 Å². The fourth-order valence-electron chi connectivity index (χ4n) is 2.30. The lowest BCUT2D eigenvalue weighted by atomic mass is 10.1. The van der Waals surface area contributed by atoms with Crippen LogP contribution in [0.15, 0.2) is 40.9 Å². The van der Waals surface area contributed by atoms with Gasteiger partial charge in [0, 0.05) is 6.07 Å². The molecule has 0 aliphatic heterocycles. The molecule has 1 N–H and O–H groups in total. The van der Waals surface area contributed by atoms with Crippen LogP contribution in [0.1, 0.15) is 31.7 Å². The zero-order valence-corrected chi connectivity index (χ0v) is 17.1. The van der Waals surface area contributed by atoms with E-state index in [-0.39, 0.29) is 22.3 Å². The molecule has 0 fully saturated rings. The van der Waals surface area contributed by atoms with Crippen molar-refractivity contribution in [2.45, 2.75) is 38.5 Å². The molecule has 0 aliphatic rings. The van der Waals surface area contributed by atoms with Gasteiger partial charge >= 0.3 is 12.1 Å². The van der Waals surface area contributed by atoms with E-state index in [0.717, 1.165) is 24.6 Å². The quantitative estimate of drug-likeness (QED) is 0.444. The number of carboxylic acids is 1. The largest absolute Gasteiger partial charge is 0.479 e. The number of hydrogen-bond donors (Lipinski definition) is 1. The zero-order valence-electron chi connectivity index (χ0n) is 14.7. The summed E-state index contributed by atoms with van der Waals surface area (Å²) in [5, 5.41) is 9.10. The van der Waals surface area contributed by atoms with Gasteiger partial charge in [0.05, 0.1) is 15.1 Å². The molecule has 0 heterocycles. The van der Waals surface area contributed by atoms with Crippen molar-refractivity contribution in [3.05, 3.63) is 51.5 Å². The minimum Gasteiger partial charge on any atom is -0.479 e. The van der Waals surface area contributed by atoms with E-state index in [0.29, 0.717) is 17.3 Å². The minimum absolute atomic E-state index is 0.0312. The maximum atomic E-state index is 12.7. The number of benzene rings is 2. The molecular formula is C19H17BrClF3O4. The molecule has 0 spiro atoms. The molecule has 0 aromatic heterocycles. The van der Waals surface area contributed by atoms with Crippen LogP contribution in [0, 0.1) is 0 Å². The number of rotatable bonds is 8. The van der Waals surface area contributed by atoms with Gasteiger partial charge in [-0.25, -0.2) is 4.79 Å². The van der Waals surface area contributed by atoms with Gasteiger partial charge in [0.15, 0.2) is 6.10 Å². The van der Waals surface area contributed by atoms with Crippen molar-refractivity contribution < 1.29 is 32.5 Å². The lowest BCUT2D eigenvalue weighted by Gasteiger charge is -2.17. The molecule has 2 aromatic rings. The Bertz CT molecular complexity index is 842. The average Bonchev–Trinajstić information content (AvgIpc) is 2.61. The Hall–Kier alpha value is -1.93. The summed E-state index contributed by atoms with van der Waals surface area (Å²) >= 11 is 9.18. The van der Waals surface area contributed by atoms with Gasteiger partial charge in [-0.2, -0.15) is 13.2 Å². The third-order valence-corrected chi connectivity index (χ3v) is 4.70. The van der Waals surface area contributed by atoms with Crippen LogP contribution >= 0.6 is 27.5 Å². The summed E-state index contributed by atoms with van der Waals surface area (Å²) in [5.41, 5.74) is -0.884. The van der Waals surface area contributed by atoms with Gasteiger partial charge in [-0.15, -0.1) is 0 Å². The first-order chi connectivity index (χ1) is 13.1. The molecule has 152 valence electrons. The topological polar surface area (TPSA) is 55.8 Å². The van der Waals surface area contributed by atoms with Gasteiger partial charge in [-0.1, -0.05) is 24.9 Å². The van der Waals surface area contributed by atoms with Crippen molar-refractivity contribution in [1.29, 1.82) is 0 Å². The van der Waals surface area contributed by atoms with E-state index < -0.39 is 23.8 Å². The molecule has 1 unspecified atom stereocenters. The lowest BCUT2D eigenvalue weighted by molar-refractivity contribution is -0.145. The highest BCUT2D eigenvalue weighted by atomic mass is 79.9. The highest BCUT2D eigenvalue weighted by molar-refractivity contribution is 9.10. The predicted molar refractivity (Wildman–Crippen MR) is 102 cm³/mol. The van der Waals surface area contributed by atoms with Crippen LogP contribution in [0.4, 0.5) is 13.2 Å². The number of alkyl halides is 3. The molecule has 0 radical (unpaired) electrons. The normalized spacial score (nSPS) is 12.5. The van der Waals surface area contributed by atoms with Crippen LogP contribution in [-0.4, -0.2) is 17.2 Å². The van der Waals surface area contributed by atoms with Gasteiger partial charge in [0.2, 0.25) is 0 Å². The lowest BCUT2D eigenvalue weighted by Crippen LogP contribution is -2.27. The second kappa shape index (κ2) is 9.52. The van der Waals surface area contributed by atoms with Crippen LogP contribution in [0.2, 0.25) is 5.02 Å². The number of hydrogen-bond acceptors (Lipinski definition) is 3. The molecule has 0 bridgehead atoms. The Morgan fingerprint density at radius 1 is 1.21 bits per heavy atom. The Labute approximate surface area is 173 Å². The van der Waals surface area contributed by atoms with Gasteiger partial charge in [-0.3, -0.25) is 0 Å². The summed E-state index contributed by atoms with van der Waals surface area (Å²) in [6.45, 7) is 1.94. The number of aliphatic carboxylic acids is 1. The van der Waals surface area contributed by atoms with E-state index in [1.54, 1.807) is 12.1 Å². The molecule has 4 nitrogen and oxygen atoms in total. The van der Waals surface area contributed by atoms with Crippen molar-refractivity contribution in [1.82, 2.24) is 0 Å². The summed E-state index contributed by atoms with van der Waals surface area (Å²) < 4.78 is 49.8. The first-order valence-electron chi connectivity index (χ1n) is 8.35. The molecule has 1 atom stereocenters. The maximum absolute atomic E-state index is 12.7. The van der Waals surface area contributed by atoms with Gasteiger partial charge in [-0.05, 0) is 59.1 Å². The Kier molecular flexibility index (Phi) is 7.60. The van der Waals surface area contributed by atoms with Crippen LogP contribution in [-0.2, 0) is 11.0 Å². The summed E-state index contributed by atoms with van der Waals surface area (Å²) in [4.78, 5) is 11.4. The second-order valence-corrected chi connectivity index (χ2v) is 7.19. The second-order valence-electron chi connectivity index (χ2n) is 5.92. The molecular weight excluding hydrogens is 465 g/mol. The first kappa shape index (κ1) is 22.4. The molecule has 0 saturated carbocycles. The summed E-state index contributed by atoms with van der Waals surface area (Å²) in [6.07, 6.45) is -3.68.